The Morgan fingerprint density at radius 2 is 2.05 bits per heavy atom. The molecule has 0 aliphatic carbocycles. The molecule has 8 nitrogen and oxygen atoms in total. The highest BCUT2D eigenvalue weighted by Crippen LogP contribution is 2.25. The lowest BCUT2D eigenvalue weighted by Crippen LogP contribution is -2.14. The van der Waals surface area contributed by atoms with Crippen LogP contribution in [0.4, 0.5) is 17.3 Å². The lowest BCUT2D eigenvalue weighted by atomic mass is 10.1. The number of aromatic nitrogens is 2. The predicted octanol–water partition coefficient (Wildman–Crippen LogP) is 2.07. The van der Waals surface area contributed by atoms with E-state index in [4.69, 9.17) is 0 Å². The third-order valence-corrected chi connectivity index (χ3v) is 2.61. The number of nitro groups is 1. The molecule has 0 unspecified atom stereocenters. The Bertz CT molecular complexity index is 660. The molecule has 1 aromatic heterocycles. The zero-order chi connectivity index (χ0) is 15.2. The first kappa shape index (κ1) is 14.4. The van der Waals surface area contributed by atoms with Gasteiger partial charge in [0.15, 0.2) is 0 Å². The van der Waals surface area contributed by atoms with E-state index in [1.165, 1.54) is 30.6 Å². The average Bonchev–Trinajstić information content (AvgIpc) is 2.48. The second-order valence-electron chi connectivity index (χ2n) is 4.05. The molecule has 1 heterocycles. The zero-order valence-corrected chi connectivity index (χ0v) is 11.2. The molecule has 0 atom stereocenters. The van der Waals surface area contributed by atoms with Crippen molar-refractivity contribution in [2.75, 3.05) is 17.2 Å². The molecule has 2 N–H and O–H groups in total. The fraction of sp³-hybridized carbons (Fsp3) is 0.154. The summed E-state index contributed by atoms with van der Waals surface area (Å²) in [4.78, 5) is 30.2. The van der Waals surface area contributed by atoms with E-state index in [0.29, 0.717) is 12.2 Å². The van der Waals surface area contributed by atoms with E-state index in [1.54, 1.807) is 6.07 Å². The van der Waals surface area contributed by atoms with E-state index < -0.39 is 10.8 Å². The summed E-state index contributed by atoms with van der Waals surface area (Å²) in [6.07, 6.45) is 3.00. The normalized spacial score (nSPS) is 9.95. The van der Waals surface area contributed by atoms with Crippen LogP contribution in [0.15, 0.2) is 36.7 Å². The summed E-state index contributed by atoms with van der Waals surface area (Å²) < 4.78 is 0. The van der Waals surface area contributed by atoms with E-state index >= 15 is 0 Å². The molecule has 21 heavy (non-hydrogen) atoms. The minimum absolute atomic E-state index is 0.0793. The van der Waals surface area contributed by atoms with Crippen molar-refractivity contribution in [3.05, 3.63) is 52.3 Å². The molecule has 0 aliphatic rings. The summed E-state index contributed by atoms with van der Waals surface area (Å²) in [5.74, 6) is -0.263. The van der Waals surface area contributed by atoms with Crippen molar-refractivity contribution in [2.24, 2.45) is 0 Å². The van der Waals surface area contributed by atoms with E-state index in [1.807, 2.05) is 6.92 Å². The molecular formula is C13H13N5O3. The summed E-state index contributed by atoms with van der Waals surface area (Å²) in [7, 11) is 0. The number of anilines is 2. The van der Waals surface area contributed by atoms with Crippen LogP contribution in [-0.2, 0) is 0 Å². The number of carbonyl (C=O) groups excluding carboxylic acids is 1. The van der Waals surface area contributed by atoms with Gasteiger partial charge in [0.25, 0.3) is 11.6 Å². The number of nitrogens with zero attached hydrogens (tertiary/aromatic N) is 3. The first-order chi connectivity index (χ1) is 10.1. The summed E-state index contributed by atoms with van der Waals surface area (Å²) in [5, 5.41) is 16.3. The second kappa shape index (κ2) is 6.42. The average molecular weight is 287 g/mol. The van der Waals surface area contributed by atoms with E-state index in [9.17, 15) is 14.9 Å². The molecule has 0 radical (unpaired) electrons. The molecule has 2 rings (SSSR count). The monoisotopic (exact) mass is 287 g/mol. The van der Waals surface area contributed by atoms with Gasteiger partial charge >= 0.3 is 0 Å². The minimum Gasteiger partial charge on any atom is -0.380 e. The Morgan fingerprint density at radius 3 is 2.67 bits per heavy atom. The third kappa shape index (κ3) is 3.50. The van der Waals surface area contributed by atoms with Crippen LogP contribution in [0, 0.1) is 10.1 Å². The molecule has 0 saturated carbocycles. The van der Waals surface area contributed by atoms with Gasteiger partial charge in [0, 0.05) is 30.6 Å². The van der Waals surface area contributed by atoms with Crippen LogP contribution in [0.25, 0.3) is 0 Å². The van der Waals surface area contributed by atoms with Gasteiger partial charge in [-0.15, -0.1) is 0 Å². The fourth-order valence-corrected chi connectivity index (χ4v) is 1.71. The Balaban J connectivity index is 2.25. The molecule has 0 bridgehead atoms. The van der Waals surface area contributed by atoms with Gasteiger partial charge in [0.2, 0.25) is 5.95 Å². The van der Waals surface area contributed by atoms with Crippen molar-refractivity contribution in [2.45, 2.75) is 6.92 Å². The van der Waals surface area contributed by atoms with Crippen LogP contribution in [0.1, 0.15) is 17.3 Å². The Morgan fingerprint density at radius 1 is 1.33 bits per heavy atom. The van der Waals surface area contributed by atoms with Gasteiger partial charge < -0.3 is 5.32 Å². The fourth-order valence-electron chi connectivity index (χ4n) is 1.71. The van der Waals surface area contributed by atoms with Crippen molar-refractivity contribution in [3.63, 3.8) is 0 Å². The molecular weight excluding hydrogens is 274 g/mol. The maximum absolute atomic E-state index is 12.1. The van der Waals surface area contributed by atoms with Gasteiger partial charge in [-0.25, -0.2) is 9.97 Å². The molecule has 1 amide bonds. The molecule has 108 valence electrons. The van der Waals surface area contributed by atoms with Gasteiger partial charge in [-0.2, -0.15) is 0 Å². The highest BCUT2D eigenvalue weighted by atomic mass is 16.6. The number of carbonyl (C=O) groups is 1. The largest absolute Gasteiger partial charge is 0.380 e. The van der Waals surface area contributed by atoms with Gasteiger partial charge in [0.05, 0.1) is 4.92 Å². The van der Waals surface area contributed by atoms with Crippen LogP contribution in [0.3, 0.4) is 0 Å². The van der Waals surface area contributed by atoms with E-state index in [0.717, 1.165) is 0 Å². The number of rotatable bonds is 5. The molecule has 8 heteroatoms. The molecule has 0 fully saturated rings. The highest BCUT2D eigenvalue weighted by molar-refractivity contribution is 6.04. The first-order valence-electron chi connectivity index (χ1n) is 6.22. The number of amides is 1. The quantitative estimate of drug-likeness (QED) is 0.643. The molecule has 0 spiro atoms. The molecule has 0 saturated heterocycles. The first-order valence-corrected chi connectivity index (χ1v) is 6.22. The number of nitro benzene ring substituents is 1. The maximum Gasteiger partial charge on any atom is 0.292 e. The third-order valence-electron chi connectivity index (χ3n) is 2.61. The van der Waals surface area contributed by atoms with Crippen molar-refractivity contribution >= 4 is 23.2 Å². The standard InChI is InChI=1S/C13H13N5O3/c1-2-14-10-8-9(4-5-11(10)18(20)21)12(19)17-13-15-6-3-7-16-13/h3-8,14H,2H2,1H3,(H,15,16,17,19). The molecule has 0 aliphatic heterocycles. The topological polar surface area (TPSA) is 110 Å². The Labute approximate surface area is 120 Å². The van der Waals surface area contributed by atoms with Crippen LogP contribution < -0.4 is 10.6 Å². The SMILES string of the molecule is CCNc1cc(C(=O)Nc2ncccn2)ccc1[N+](=O)[O-]. The summed E-state index contributed by atoms with van der Waals surface area (Å²) in [5.41, 5.74) is 0.498. The molecule has 1 aromatic carbocycles. The highest BCUT2D eigenvalue weighted by Gasteiger charge is 2.16. The van der Waals surface area contributed by atoms with Crippen molar-refractivity contribution < 1.29 is 9.72 Å². The number of hydrogen-bond acceptors (Lipinski definition) is 6. The molecule has 2 aromatic rings. The number of benzene rings is 1. The number of nitrogens with one attached hydrogen (secondary N) is 2. The van der Waals surface area contributed by atoms with Crippen molar-refractivity contribution in [1.82, 2.24) is 9.97 Å². The van der Waals surface area contributed by atoms with Crippen LogP contribution in [-0.4, -0.2) is 27.3 Å². The van der Waals surface area contributed by atoms with E-state index in [2.05, 4.69) is 20.6 Å². The Kier molecular flexibility index (Phi) is 4.39. The number of hydrogen-bond donors (Lipinski definition) is 2. The van der Waals surface area contributed by atoms with Crippen molar-refractivity contribution in [3.8, 4) is 0 Å². The van der Waals surface area contributed by atoms with Crippen LogP contribution in [0.2, 0.25) is 0 Å². The van der Waals surface area contributed by atoms with Gasteiger partial charge in [-0.1, -0.05) is 0 Å². The Hall–Kier alpha value is -3.03. The van der Waals surface area contributed by atoms with E-state index in [-0.39, 0.29) is 17.2 Å². The van der Waals surface area contributed by atoms with Crippen molar-refractivity contribution in [1.29, 1.82) is 0 Å². The van der Waals surface area contributed by atoms with Crippen LogP contribution >= 0.6 is 0 Å². The van der Waals surface area contributed by atoms with Gasteiger partial charge in [-0.3, -0.25) is 20.2 Å². The summed E-state index contributed by atoms with van der Waals surface area (Å²) in [6, 6.07) is 5.74. The predicted molar refractivity (Wildman–Crippen MR) is 77.2 cm³/mol. The maximum atomic E-state index is 12.1. The van der Waals surface area contributed by atoms with Gasteiger partial charge in [-0.05, 0) is 25.1 Å². The lowest BCUT2D eigenvalue weighted by molar-refractivity contribution is -0.384. The smallest absolute Gasteiger partial charge is 0.292 e. The van der Waals surface area contributed by atoms with Crippen LogP contribution in [0.5, 0.6) is 0 Å². The minimum atomic E-state index is -0.500. The zero-order valence-electron chi connectivity index (χ0n) is 11.2. The van der Waals surface area contributed by atoms with Gasteiger partial charge in [0.1, 0.15) is 5.69 Å². The second-order valence-corrected chi connectivity index (χ2v) is 4.05. The summed E-state index contributed by atoms with van der Waals surface area (Å²) >= 11 is 0. The lowest BCUT2D eigenvalue weighted by Gasteiger charge is -2.07. The summed E-state index contributed by atoms with van der Waals surface area (Å²) in [6.45, 7) is 2.32.